The predicted molar refractivity (Wildman–Crippen MR) is 148 cm³/mol. The fourth-order valence-corrected chi connectivity index (χ4v) is 8.46. The molecule has 0 saturated carbocycles. The number of furan rings is 2. The van der Waals surface area contributed by atoms with Crippen molar-refractivity contribution in [1.29, 1.82) is 0 Å². The van der Waals surface area contributed by atoms with Crippen LogP contribution in [0.1, 0.15) is 90.4 Å². The maximum Gasteiger partial charge on any atom is 0.141 e. The summed E-state index contributed by atoms with van der Waals surface area (Å²) in [6, 6.07) is 9.28. The van der Waals surface area contributed by atoms with Gasteiger partial charge in [0.25, 0.3) is 0 Å². The number of aryl methyl sites for hydroxylation is 1. The van der Waals surface area contributed by atoms with Gasteiger partial charge < -0.3 is 18.6 Å². The monoisotopic (exact) mass is 488 g/mol. The second kappa shape index (κ2) is 7.12. The van der Waals surface area contributed by atoms with Crippen molar-refractivity contribution in [2.45, 2.75) is 76.4 Å². The van der Waals surface area contributed by atoms with Gasteiger partial charge in [0.1, 0.15) is 28.7 Å². The van der Waals surface area contributed by atoms with Crippen LogP contribution in [0.4, 0.5) is 11.4 Å². The van der Waals surface area contributed by atoms with Gasteiger partial charge in [-0.3, -0.25) is 0 Å². The largest absolute Gasteiger partial charge is 0.460 e. The van der Waals surface area contributed by atoms with Crippen LogP contribution in [0.3, 0.4) is 0 Å². The molecule has 4 nitrogen and oxygen atoms in total. The highest BCUT2D eigenvalue weighted by molar-refractivity contribution is 5.96. The molecule has 0 saturated heterocycles. The molecular formula is C33H32N2O2. The molecule has 2 unspecified atom stereocenters. The average Bonchev–Trinajstić information content (AvgIpc) is 3.64. The van der Waals surface area contributed by atoms with Crippen molar-refractivity contribution in [3.8, 4) is 0 Å². The topological polar surface area (TPSA) is 32.8 Å². The van der Waals surface area contributed by atoms with Crippen LogP contribution in [0.15, 0.2) is 50.8 Å². The Labute approximate surface area is 217 Å². The Kier molecular flexibility index (Phi) is 3.97. The summed E-state index contributed by atoms with van der Waals surface area (Å²) in [4.78, 5) is 5.39. The van der Waals surface area contributed by atoms with Gasteiger partial charge in [0, 0.05) is 35.2 Å². The third kappa shape index (κ3) is 2.50. The minimum absolute atomic E-state index is 0.223. The van der Waals surface area contributed by atoms with Crippen molar-refractivity contribution in [2.24, 2.45) is 0 Å². The van der Waals surface area contributed by atoms with Gasteiger partial charge in [-0.15, -0.1) is 0 Å². The molecule has 4 aliphatic carbocycles. The van der Waals surface area contributed by atoms with E-state index in [1.165, 1.54) is 62.9 Å². The van der Waals surface area contributed by atoms with Gasteiger partial charge >= 0.3 is 0 Å². The fourth-order valence-electron chi connectivity index (χ4n) is 8.46. The van der Waals surface area contributed by atoms with E-state index < -0.39 is 0 Å². The first-order valence-electron chi connectivity index (χ1n) is 14.2. The first-order valence-corrected chi connectivity index (χ1v) is 14.2. The quantitative estimate of drug-likeness (QED) is 0.353. The zero-order valence-corrected chi connectivity index (χ0v) is 21.5. The molecule has 0 spiro atoms. The molecule has 2 atom stereocenters. The second-order valence-electron chi connectivity index (χ2n) is 11.8. The molecule has 4 heterocycles. The third-order valence-electron chi connectivity index (χ3n) is 9.98. The SMILES string of the molecule is CC12C3=C(CCc4c3oc3c4C=CCC3)CN1c1ccccc1N2C1CCCc2c1oc1c2CCC=C1. The first-order chi connectivity index (χ1) is 18.2. The number of hydrogen-bond donors (Lipinski definition) is 0. The molecule has 37 heavy (non-hydrogen) atoms. The zero-order valence-electron chi connectivity index (χ0n) is 21.5. The highest BCUT2D eigenvalue weighted by Crippen LogP contribution is 2.61. The Morgan fingerprint density at radius 2 is 1.73 bits per heavy atom. The zero-order chi connectivity index (χ0) is 24.3. The van der Waals surface area contributed by atoms with Crippen molar-refractivity contribution < 1.29 is 8.83 Å². The normalized spacial score (nSPS) is 26.5. The van der Waals surface area contributed by atoms with Gasteiger partial charge in [-0.05, 0) is 87.6 Å². The van der Waals surface area contributed by atoms with E-state index >= 15 is 0 Å². The lowest BCUT2D eigenvalue weighted by atomic mass is 9.82. The van der Waals surface area contributed by atoms with E-state index in [0.29, 0.717) is 0 Å². The van der Waals surface area contributed by atoms with E-state index in [4.69, 9.17) is 8.83 Å². The molecule has 0 bridgehead atoms. The Morgan fingerprint density at radius 1 is 0.865 bits per heavy atom. The molecule has 6 aliphatic rings. The second-order valence-corrected chi connectivity index (χ2v) is 11.8. The maximum atomic E-state index is 6.79. The lowest BCUT2D eigenvalue weighted by molar-refractivity contribution is 0.365. The summed E-state index contributed by atoms with van der Waals surface area (Å²) in [5.74, 6) is 4.68. The Balaban J connectivity index is 1.26. The van der Waals surface area contributed by atoms with Crippen LogP contribution in [0, 0.1) is 0 Å². The number of benzene rings is 1. The third-order valence-corrected chi connectivity index (χ3v) is 9.98. The number of nitrogens with zero attached hydrogens (tertiary/aromatic N) is 2. The van der Waals surface area contributed by atoms with Crippen LogP contribution < -0.4 is 9.80 Å². The standard InChI is InChI=1S/C33H32N2O2/c1-33-30-20(17-18-24-22-10-3-7-16-29(22)37-32(24)30)19-34(33)25-12-4-5-13-26(25)35(33)27-14-8-11-23-21-9-2-6-15-28(21)36-31(23)27/h3-6,10,12-13,15,27H,2,7-9,11,14,16-19H2,1H3. The average molecular weight is 489 g/mol. The number of rotatable bonds is 1. The minimum atomic E-state index is -0.291. The molecule has 3 aromatic rings. The van der Waals surface area contributed by atoms with Crippen LogP contribution in [0.5, 0.6) is 0 Å². The molecule has 0 radical (unpaired) electrons. The lowest BCUT2D eigenvalue weighted by Gasteiger charge is -2.45. The van der Waals surface area contributed by atoms with Gasteiger partial charge in [0.05, 0.1) is 17.4 Å². The number of anilines is 2. The molecule has 186 valence electrons. The summed E-state index contributed by atoms with van der Waals surface area (Å²) in [6.07, 6.45) is 19.1. The first kappa shape index (κ1) is 20.6. The Bertz CT molecular complexity index is 1580. The van der Waals surface area contributed by atoms with Crippen LogP contribution in [-0.4, -0.2) is 12.2 Å². The molecule has 0 N–H and O–H groups in total. The summed E-state index contributed by atoms with van der Waals surface area (Å²) >= 11 is 0. The van der Waals surface area contributed by atoms with Crippen LogP contribution in [-0.2, 0) is 25.7 Å². The number of hydrogen-bond acceptors (Lipinski definition) is 4. The van der Waals surface area contributed by atoms with Crippen molar-refractivity contribution in [3.05, 3.63) is 87.3 Å². The summed E-state index contributed by atoms with van der Waals surface area (Å²) in [6.45, 7) is 3.44. The van der Waals surface area contributed by atoms with Crippen molar-refractivity contribution in [2.75, 3.05) is 16.3 Å². The number of para-hydroxylation sites is 2. The van der Waals surface area contributed by atoms with Crippen LogP contribution >= 0.6 is 0 Å². The van der Waals surface area contributed by atoms with Gasteiger partial charge in [-0.25, -0.2) is 0 Å². The van der Waals surface area contributed by atoms with Gasteiger partial charge in [-0.1, -0.05) is 30.4 Å². The molecule has 1 aromatic carbocycles. The van der Waals surface area contributed by atoms with Crippen molar-refractivity contribution >= 4 is 29.1 Å². The van der Waals surface area contributed by atoms with E-state index in [9.17, 15) is 0 Å². The molecule has 4 heteroatoms. The number of fused-ring (bicyclic) bond motifs is 11. The molecule has 9 rings (SSSR count). The molecule has 0 fully saturated rings. The smallest absolute Gasteiger partial charge is 0.141 e. The summed E-state index contributed by atoms with van der Waals surface area (Å²) in [7, 11) is 0. The van der Waals surface area contributed by atoms with Crippen LogP contribution in [0.25, 0.3) is 17.7 Å². The van der Waals surface area contributed by atoms with Crippen LogP contribution in [0.2, 0.25) is 0 Å². The van der Waals surface area contributed by atoms with Gasteiger partial charge in [0.15, 0.2) is 0 Å². The summed E-state index contributed by atoms with van der Waals surface area (Å²) < 4.78 is 13.5. The van der Waals surface area contributed by atoms with Gasteiger partial charge in [-0.2, -0.15) is 0 Å². The van der Waals surface area contributed by atoms with E-state index in [1.807, 2.05) is 0 Å². The highest BCUT2D eigenvalue weighted by Gasteiger charge is 2.58. The molecular weight excluding hydrogens is 456 g/mol. The highest BCUT2D eigenvalue weighted by atomic mass is 16.3. The fraction of sp³-hybridized carbons (Fsp3) is 0.394. The van der Waals surface area contributed by atoms with Crippen molar-refractivity contribution in [1.82, 2.24) is 0 Å². The maximum absolute atomic E-state index is 6.79. The lowest BCUT2D eigenvalue weighted by Crippen LogP contribution is -2.54. The Hall–Kier alpha value is -3.40. The van der Waals surface area contributed by atoms with E-state index in [-0.39, 0.29) is 11.7 Å². The summed E-state index contributed by atoms with van der Waals surface area (Å²) in [5.41, 5.74) is 11.1. The van der Waals surface area contributed by atoms with E-state index in [2.05, 4.69) is 65.3 Å². The van der Waals surface area contributed by atoms with E-state index in [0.717, 1.165) is 63.7 Å². The Morgan fingerprint density at radius 3 is 2.68 bits per heavy atom. The molecule has 2 aliphatic heterocycles. The van der Waals surface area contributed by atoms with Crippen molar-refractivity contribution in [3.63, 3.8) is 0 Å². The van der Waals surface area contributed by atoms with Gasteiger partial charge in [0.2, 0.25) is 0 Å². The minimum Gasteiger partial charge on any atom is -0.460 e. The number of allylic oxidation sites excluding steroid dienone is 2. The molecule has 2 aromatic heterocycles. The predicted octanol–water partition coefficient (Wildman–Crippen LogP) is 7.63. The van der Waals surface area contributed by atoms with E-state index in [1.54, 1.807) is 5.57 Å². The summed E-state index contributed by atoms with van der Waals surface area (Å²) in [5, 5.41) is 0. The molecule has 0 amide bonds.